The number of carbonyl (C=O) groups excluding carboxylic acids is 2. The second kappa shape index (κ2) is 9.61. The number of carbonyl (C=O) groups is 2. The van der Waals surface area contributed by atoms with Gasteiger partial charge in [0.15, 0.2) is 5.69 Å². The Kier molecular flexibility index (Phi) is 7.43. The van der Waals surface area contributed by atoms with Gasteiger partial charge < -0.3 is 29.2 Å². The molecule has 0 unspecified atom stereocenters. The van der Waals surface area contributed by atoms with E-state index in [0.29, 0.717) is 13.2 Å². The molecule has 0 saturated carbocycles. The Hall–Kier alpha value is -3.08. The number of nitrogens with one attached hydrogen (secondary N) is 1. The Morgan fingerprint density at radius 3 is 2.60 bits per heavy atom. The summed E-state index contributed by atoms with van der Waals surface area (Å²) in [5, 5.41) is 14.5. The van der Waals surface area contributed by atoms with Gasteiger partial charge in [-0.05, 0) is 26.8 Å². The number of hydrogen-bond donors (Lipinski definition) is 1. The molecule has 0 aromatic heterocycles. The largest absolute Gasteiger partial charge is 0.494 e. The second-order valence-corrected chi connectivity index (χ2v) is 7.62. The highest BCUT2D eigenvalue weighted by molar-refractivity contribution is 5.93. The molecule has 11 heteroatoms. The highest BCUT2D eigenvalue weighted by Gasteiger charge is 2.29. The van der Waals surface area contributed by atoms with Crippen molar-refractivity contribution in [1.82, 2.24) is 4.90 Å². The Labute approximate surface area is 174 Å². The summed E-state index contributed by atoms with van der Waals surface area (Å²) in [6.45, 7) is 6.50. The zero-order valence-corrected chi connectivity index (χ0v) is 17.7. The number of methoxy groups -OCH3 is 2. The van der Waals surface area contributed by atoms with Gasteiger partial charge in [-0.25, -0.2) is 9.59 Å². The number of esters is 1. The molecule has 1 heterocycles. The number of benzene rings is 1. The van der Waals surface area contributed by atoms with E-state index < -0.39 is 28.7 Å². The van der Waals surface area contributed by atoms with Crippen molar-refractivity contribution in [3.05, 3.63) is 27.8 Å². The number of ether oxygens (including phenoxy) is 4. The number of morpholine rings is 1. The van der Waals surface area contributed by atoms with Gasteiger partial charge in [-0.3, -0.25) is 10.1 Å². The number of hydrogen-bond acceptors (Lipinski definition) is 9. The summed E-state index contributed by atoms with van der Waals surface area (Å²) in [6.07, 6.45) is -0.863. The van der Waals surface area contributed by atoms with Crippen molar-refractivity contribution in [2.75, 3.05) is 45.8 Å². The predicted molar refractivity (Wildman–Crippen MR) is 107 cm³/mol. The highest BCUT2D eigenvalue weighted by Crippen LogP contribution is 2.36. The Morgan fingerprint density at radius 1 is 1.33 bits per heavy atom. The Bertz CT molecular complexity index is 806. The van der Waals surface area contributed by atoms with E-state index in [9.17, 15) is 19.7 Å². The molecule has 1 aromatic rings. The lowest BCUT2D eigenvalue weighted by atomic mass is 10.1. The molecule has 2 rings (SSSR count). The first-order valence-corrected chi connectivity index (χ1v) is 9.34. The standard InChI is InChI=1S/C19H27N3O8/c1-19(2,3)30-18(24)21-6-7-29-13(11-21)10-20-16-14(22(25)26)8-12(17(23)28-5)9-15(16)27-4/h8-9,13,20H,6-7,10-11H2,1-5H3/t13-/m1/s1. The van der Waals surface area contributed by atoms with Crippen LogP contribution in [0.1, 0.15) is 31.1 Å². The summed E-state index contributed by atoms with van der Waals surface area (Å²) in [4.78, 5) is 36.5. The minimum atomic E-state index is -0.716. The summed E-state index contributed by atoms with van der Waals surface area (Å²) in [6, 6.07) is 2.47. The smallest absolute Gasteiger partial charge is 0.410 e. The molecule has 166 valence electrons. The van der Waals surface area contributed by atoms with Crippen LogP contribution in [0.5, 0.6) is 5.75 Å². The maximum absolute atomic E-state index is 12.3. The molecule has 1 saturated heterocycles. The molecule has 1 atom stereocenters. The fraction of sp³-hybridized carbons (Fsp3) is 0.579. The first-order chi connectivity index (χ1) is 14.1. The Balaban J connectivity index is 2.15. The third-order valence-corrected chi connectivity index (χ3v) is 4.22. The van der Waals surface area contributed by atoms with Gasteiger partial charge in [0.25, 0.3) is 5.69 Å². The molecular weight excluding hydrogens is 398 g/mol. The molecule has 30 heavy (non-hydrogen) atoms. The molecule has 0 bridgehead atoms. The van der Waals surface area contributed by atoms with E-state index in [4.69, 9.17) is 14.2 Å². The molecule has 0 radical (unpaired) electrons. The van der Waals surface area contributed by atoms with Crippen LogP contribution in [0.3, 0.4) is 0 Å². The first kappa shape index (κ1) is 23.2. The van der Waals surface area contributed by atoms with Crippen LogP contribution < -0.4 is 10.1 Å². The van der Waals surface area contributed by atoms with Gasteiger partial charge in [-0.15, -0.1) is 0 Å². The number of rotatable bonds is 6. The monoisotopic (exact) mass is 425 g/mol. The van der Waals surface area contributed by atoms with E-state index in [2.05, 4.69) is 10.1 Å². The zero-order valence-electron chi connectivity index (χ0n) is 17.7. The highest BCUT2D eigenvalue weighted by atomic mass is 16.6. The van der Waals surface area contributed by atoms with Crippen LogP contribution in [0.25, 0.3) is 0 Å². The van der Waals surface area contributed by atoms with Crippen LogP contribution in [0.15, 0.2) is 12.1 Å². The number of anilines is 1. The summed E-state index contributed by atoms with van der Waals surface area (Å²) < 4.78 is 20.9. The van der Waals surface area contributed by atoms with E-state index in [0.717, 1.165) is 6.07 Å². The Morgan fingerprint density at radius 2 is 2.03 bits per heavy atom. The van der Waals surface area contributed by atoms with Crippen LogP contribution >= 0.6 is 0 Å². The van der Waals surface area contributed by atoms with Crippen LogP contribution in [-0.4, -0.2) is 74.1 Å². The maximum Gasteiger partial charge on any atom is 0.410 e. The lowest BCUT2D eigenvalue weighted by Gasteiger charge is -2.34. The third-order valence-electron chi connectivity index (χ3n) is 4.22. The quantitative estimate of drug-likeness (QED) is 0.415. The summed E-state index contributed by atoms with van der Waals surface area (Å²) in [7, 11) is 2.52. The van der Waals surface area contributed by atoms with E-state index in [-0.39, 0.29) is 35.8 Å². The topological polar surface area (TPSA) is 129 Å². The molecule has 11 nitrogen and oxygen atoms in total. The molecule has 1 amide bonds. The summed E-state index contributed by atoms with van der Waals surface area (Å²) in [5.41, 5.74) is -0.849. The normalized spacial score (nSPS) is 16.6. The van der Waals surface area contributed by atoms with Gasteiger partial charge in [-0.2, -0.15) is 0 Å². The third kappa shape index (κ3) is 5.96. The van der Waals surface area contributed by atoms with Crippen molar-refractivity contribution in [2.45, 2.75) is 32.5 Å². The van der Waals surface area contributed by atoms with Gasteiger partial charge >= 0.3 is 12.1 Å². The number of nitro groups is 1. The second-order valence-electron chi connectivity index (χ2n) is 7.62. The van der Waals surface area contributed by atoms with Crippen molar-refractivity contribution < 1.29 is 33.5 Å². The fourth-order valence-electron chi connectivity index (χ4n) is 2.87. The average Bonchev–Trinajstić information content (AvgIpc) is 2.69. The van der Waals surface area contributed by atoms with Crippen LogP contribution in [0, 0.1) is 10.1 Å². The van der Waals surface area contributed by atoms with Crippen LogP contribution in [-0.2, 0) is 14.2 Å². The van der Waals surface area contributed by atoms with Crippen molar-refractivity contribution in [3.8, 4) is 5.75 Å². The average molecular weight is 425 g/mol. The number of nitro benzene ring substituents is 1. The van der Waals surface area contributed by atoms with E-state index >= 15 is 0 Å². The van der Waals surface area contributed by atoms with Gasteiger partial charge in [0.05, 0.1) is 44.0 Å². The van der Waals surface area contributed by atoms with Crippen molar-refractivity contribution in [3.63, 3.8) is 0 Å². The van der Waals surface area contributed by atoms with Gasteiger partial charge in [0, 0.05) is 19.2 Å². The van der Waals surface area contributed by atoms with E-state index in [1.165, 1.54) is 25.2 Å². The molecule has 1 aliphatic rings. The minimum absolute atomic E-state index is 0.00313. The first-order valence-electron chi connectivity index (χ1n) is 9.34. The lowest BCUT2D eigenvalue weighted by Crippen LogP contribution is -2.49. The van der Waals surface area contributed by atoms with Crippen molar-refractivity contribution in [1.29, 1.82) is 0 Å². The molecule has 1 aliphatic heterocycles. The van der Waals surface area contributed by atoms with E-state index in [1.54, 1.807) is 20.8 Å². The van der Waals surface area contributed by atoms with Crippen LogP contribution in [0.2, 0.25) is 0 Å². The van der Waals surface area contributed by atoms with Gasteiger partial charge in [0.2, 0.25) is 0 Å². The predicted octanol–water partition coefficient (Wildman–Crippen LogP) is 2.44. The zero-order chi connectivity index (χ0) is 22.5. The van der Waals surface area contributed by atoms with Crippen LogP contribution in [0.4, 0.5) is 16.2 Å². The van der Waals surface area contributed by atoms with Crippen molar-refractivity contribution >= 4 is 23.4 Å². The van der Waals surface area contributed by atoms with Gasteiger partial charge in [-0.1, -0.05) is 0 Å². The SMILES string of the molecule is COC(=O)c1cc(OC)c(NC[C@@H]2CN(C(=O)OC(C)(C)C)CCO2)c([N+](=O)[O-])c1. The number of nitrogens with zero attached hydrogens (tertiary/aromatic N) is 2. The fourth-order valence-corrected chi connectivity index (χ4v) is 2.87. The van der Waals surface area contributed by atoms with Gasteiger partial charge in [0.1, 0.15) is 11.4 Å². The maximum atomic E-state index is 12.3. The molecule has 0 aliphatic carbocycles. The van der Waals surface area contributed by atoms with Crippen molar-refractivity contribution in [2.24, 2.45) is 0 Å². The summed E-state index contributed by atoms with van der Waals surface area (Å²) >= 11 is 0. The lowest BCUT2D eigenvalue weighted by molar-refractivity contribution is -0.384. The molecule has 1 aromatic carbocycles. The number of amides is 1. The molecule has 1 fully saturated rings. The molecule has 1 N–H and O–H groups in total. The molecule has 0 spiro atoms. The summed E-state index contributed by atoms with van der Waals surface area (Å²) in [5.74, 6) is -0.601. The minimum Gasteiger partial charge on any atom is -0.494 e. The van der Waals surface area contributed by atoms with E-state index in [1.807, 2.05) is 0 Å². The molecular formula is C19H27N3O8.